The molecule has 4 nitrogen and oxygen atoms in total. The van der Waals surface area contributed by atoms with Crippen molar-refractivity contribution >= 4 is 11.6 Å². The van der Waals surface area contributed by atoms with Crippen molar-refractivity contribution in [2.24, 2.45) is 5.92 Å². The van der Waals surface area contributed by atoms with E-state index in [1.807, 2.05) is 0 Å². The van der Waals surface area contributed by atoms with Gasteiger partial charge in [-0.2, -0.15) is 0 Å². The molecule has 1 aliphatic carbocycles. The van der Waals surface area contributed by atoms with E-state index in [4.69, 9.17) is 0 Å². The topological polar surface area (TPSA) is 41.1 Å². The minimum Gasteiger partial charge on any atom is -0.370 e. The molecule has 4 heteroatoms. The highest BCUT2D eigenvalue weighted by Crippen LogP contribution is 2.38. The van der Waals surface area contributed by atoms with Crippen LogP contribution in [0.25, 0.3) is 0 Å². The van der Waals surface area contributed by atoms with Gasteiger partial charge in [-0.25, -0.2) is 9.97 Å². The van der Waals surface area contributed by atoms with E-state index in [0.29, 0.717) is 6.04 Å². The summed E-state index contributed by atoms with van der Waals surface area (Å²) in [5, 5.41) is 3.44. The van der Waals surface area contributed by atoms with E-state index in [9.17, 15) is 0 Å². The average molecular weight is 288 g/mol. The van der Waals surface area contributed by atoms with Crippen molar-refractivity contribution < 1.29 is 0 Å². The molecule has 2 heterocycles. The highest BCUT2D eigenvalue weighted by Gasteiger charge is 2.34. The zero-order chi connectivity index (χ0) is 14.7. The molecule has 0 unspecified atom stereocenters. The predicted octanol–water partition coefficient (Wildman–Crippen LogP) is 3.77. The van der Waals surface area contributed by atoms with Crippen molar-refractivity contribution in [3.63, 3.8) is 0 Å². The maximum Gasteiger partial charge on any atom is 0.137 e. The molecule has 1 aromatic heterocycles. The van der Waals surface area contributed by atoms with Gasteiger partial charge >= 0.3 is 0 Å². The van der Waals surface area contributed by atoms with Crippen LogP contribution in [0.3, 0.4) is 0 Å². The third-order valence-corrected chi connectivity index (χ3v) is 5.12. The van der Waals surface area contributed by atoms with Gasteiger partial charge in [0, 0.05) is 24.7 Å². The van der Waals surface area contributed by atoms with Crippen molar-refractivity contribution in [1.29, 1.82) is 0 Å². The number of hydrogen-bond donors (Lipinski definition) is 1. The highest BCUT2D eigenvalue weighted by molar-refractivity contribution is 5.58. The van der Waals surface area contributed by atoms with Gasteiger partial charge in [0.1, 0.15) is 18.0 Å². The van der Waals surface area contributed by atoms with Crippen LogP contribution < -0.4 is 10.2 Å². The summed E-state index contributed by atoms with van der Waals surface area (Å²) in [6.45, 7) is 6.48. The van der Waals surface area contributed by atoms with E-state index in [1.54, 1.807) is 6.33 Å². The zero-order valence-corrected chi connectivity index (χ0v) is 13.4. The number of rotatable bonds is 4. The van der Waals surface area contributed by atoms with Gasteiger partial charge in [-0.15, -0.1) is 0 Å². The fourth-order valence-electron chi connectivity index (χ4n) is 4.04. The summed E-state index contributed by atoms with van der Waals surface area (Å²) in [4.78, 5) is 11.6. The van der Waals surface area contributed by atoms with E-state index in [-0.39, 0.29) is 0 Å². The van der Waals surface area contributed by atoms with E-state index < -0.39 is 0 Å². The van der Waals surface area contributed by atoms with Gasteiger partial charge in [0.05, 0.1) is 0 Å². The fourth-order valence-corrected chi connectivity index (χ4v) is 4.04. The van der Waals surface area contributed by atoms with E-state index in [1.165, 1.54) is 49.9 Å². The minimum absolute atomic E-state index is 0.708. The van der Waals surface area contributed by atoms with Crippen molar-refractivity contribution in [2.45, 2.75) is 64.8 Å². The van der Waals surface area contributed by atoms with Gasteiger partial charge in [-0.05, 0) is 44.9 Å². The van der Waals surface area contributed by atoms with Gasteiger partial charge < -0.3 is 10.2 Å². The Kier molecular flexibility index (Phi) is 4.61. The summed E-state index contributed by atoms with van der Waals surface area (Å²) in [5.41, 5.74) is 1.22. The number of hydrogen-bond acceptors (Lipinski definition) is 4. The number of nitrogens with one attached hydrogen (secondary N) is 1. The van der Waals surface area contributed by atoms with E-state index in [2.05, 4.69) is 34.0 Å². The number of piperidine rings is 1. The second-order valence-corrected chi connectivity index (χ2v) is 6.55. The lowest BCUT2D eigenvalue weighted by Crippen LogP contribution is -2.47. The second kappa shape index (κ2) is 6.63. The maximum atomic E-state index is 4.64. The molecule has 116 valence electrons. The first-order valence-corrected chi connectivity index (χ1v) is 8.63. The van der Waals surface area contributed by atoms with Crippen LogP contribution in [-0.2, 0) is 0 Å². The average Bonchev–Trinajstić information content (AvgIpc) is 2.53. The van der Waals surface area contributed by atoms with Crippen molar-refractivity contribution in [1.82, 2.24) is 9.97 Å². The summed E-state index contributed by atoms with van der Waals surface area (Å²) in [6, 6.07) is 0.708. The Hall–Kier alpha value is -1.32. The molecule has 1 aliphatic heterocycles. The van der Waals surface area contributed by atoms with Crippen LogP contribution in [0, 0.1) is 12.8 Å². The number of nitrogens with zero attached hydrogens (tertiary/aromatic N) is 3. The maximum absolute atomic E-state index is 4.64. The molecule has 2 fully saturated rings. The van der Waals surface area contributed by atoms with Crippen LogP contribution in [0.5, 0.6) is 0 Å². The van der Waals surface area contributed by atoms with Crippen LogP contribution in [-0.4, -0.2) is 29.1 Å². The quantitative estimate of drug-likeness (QED) is 0.915. The first-order chi connectivity index (χ1) is 10.3. The summed E-state index contributed by atoms with van der Waals surface area (Å²) in [7, 11) is 0. The lowest BCUT2D eigenvalue weighted by atomic mass is 9.78. The zero-order valence-electron chi connectivity index (χ0n) is 13.4. The lowest BCUT2D eigenvalue weighted by molar-refractivity contribution is 0.242. The van der Waals surface area contributed by atoms with Crippen LogP contribution >= 0.6 is 0 Å². The predicted molar refractivity (Wildman–Crippen MR) is 87.9 cm³/mol. The van der Waals surface area contributed by atoms with Gasteiger partial charge in [0.2, 0.25) is 0 Å². The normalized spacial score (nSPS) is 25.5. The number of fused-ring (bicyclic) bond motifs is 1. The van der Waals surface area contributed by atoms with Crippen molar-refractivity contribution in [3.8, 4) is 0 Å². The van der Waals surface area contributed by atoms with Gasteiger partial charge in [-0.1, -0.05) is 19.8 Å². The summed E-state index contributed by atoms with van der Waals surface area (Å²) >= 11 is 0. The number of anilines is 2. The molecular weight excluding hydrogens is 260 g/mol. The smallest absolute Gasteiger partial charge is 0.137 e. The molecular formula is C17H28N4. The Morgan fingerprint density at radius 2 is 2.00 bits per heavy atom. The Bertz CT molecular complexity index is 472. The monoisotopic (exact) mass is 288 g/mol. The van der Waals surface area contributed by atoms with Gasteiger partial charge in [0.25, 0.3) is 0 Å². The number of aromatic nitrogens is 2. The Morgan fingerprint density at radius 1 is 1.19 bits per heavy atom. The Morgan fingerprint density at radius 3 is 2.86 bits per heavy atom. The molecule has 2 aliphatic rings. The second-order valence-electron chi connectivity index (χ2n) is 6.55. The van der Waals surface area contributed by atoms with Gasteiger partial charge in [-0.3, -0.25) is 0 Å². The van der Waals surface area contributed by atoms with Crippen LogP contribution in [0.4, 0.5) is 11.6 Å². The molecule has 0 bridgehead atoms. The molecule has 1 aromatic rings. The molecule has 21 heavy (non-hydrogen) atoms. The molecule has 1 saturated heterocycles. The van der Waals surface area contributed by atoms with Crippen molar-refractivity contribution in [3.05, 3.63) is 11.9 Å². The van der Waals surface area contributed by atoms with Gasteiger partial charge in [0.15, 0.2) is 0 Å². The van der Waals surface area contributed by atoms with Crippen molar-refractivity contribution in [2.75, 3.05) is 23.3 Å². The van der Waals surface area contributed by atoms with Crippen LogP contribution in [0.1, 0.15) is 57.4 Å². The molecule has 3 rings (SSSR count). The molecule has 1 saturated carbocycles. The Balaban J connectivity index is 1.84. The molecule has 0 amide bonds. The van der Waals surface area contributed by atoms with E-state index in [0.717, 1.165) is 31.2 Å². The van der Waals surface area contributed by atoms with Crippen LogP contribution in [0.15, 0.2) is 6.33 Å². The molecule has 2 atom stereocenters. The van der Waals surface area contributed by atoms with Crippen LogP contribution in [0.2, 0.25) is 0 Å². The summed E-state index contributed by atoms with van der Waals surface area (Å²) < 4.78 is 0. The first kappa shape index (κ1) is 14.6. The lowest BCUT2D eigenvalue weighted by Gasteiger charge is -2.45. The molecule has 1 N–H and O–H groups in total. The SMILES string of the molecule is CCCNc1ncnc(N2CCC[C@H]3CCCC[C@H]32)c1C. The summed E-state index contributed by atoms with van der Waals surface area (Å²) in [6.07, 6.45) is 11.1. The summed E-state index contributed by atoms with van der Waals surface area (Å²) in [5.74, 6) is 3.06. The molecule has 0 aromatic carbocycles. The third kappa shape index (κ3) is 2.99. The first-order valence-electron chi connectivity index (χ1n) is 8.63. The minimum atomic E-state index is 0.708. The molecule has 0 radical (unpaired) electrons. The largest absolute Gasteiger partial charge is 0.370 e. The highest BCUT2D eigenvalue weighted by atomic mass is 15.2. The van der Waals surface area contributed by atoms with E-state index >= 15 is 0 Å². The Labute approximate surface area is 128 Å². The fraction of sp³-hybridized carbons (Fsp3) is 0.765. The molecule has 0 spiro atoms. The third-order valence-electron chi connectivity index (χ3n) is 5.12. The standard InChI is InChI=1S/C17H28N4/c1-3-10-18-16-13(2)17(20-12-19-16)21-11-6-8-14-7-4-5-9-15(14)21/h12,14-15H,3-11H2,1-2H3,(H,18,19,20)/t14-,15-/m1/s1.